The second-order valence-electron chi connectivity index (χ2n) is 8.76. The molecule has 1 amide bonds. The highest BCUT2D eigenvalue weighted by Gasteiger charge is 2.27. The van der Waals surface area contributed by atoms with E-state index in [2.05, 4.69) is 6.92 Å². The van der Waals surface area contributed by atoms with Gasteiger partial charge in [-0.25, -0.2) is 4.98 Å². The van der Waals surface area contributed by atoms with E-state index < -0.39 is 0 Å². The molecule has 1 saturated heterocycles. The maximum atomic E-state index is 13.4. The molecule has 8 heteroatoms. The van der Waals surface area contributed by atoms with Crippen LogP contribution in [0.25, 0.3) is 10.9 Å². The minimum atomic E-state index is -0.336. The number of ether oxygens (including phenoxy) is 2. The van der Waals surface area contributed by atoms with Crippen LogP contribution in [-0.2, 0) is 11.3 Å². The monoisotopic (exact) mass is 479 g/mol. The molecule has 2 atom stereocenters. The van der Waals surface area contributed by atoms with Crippen molar-refractivity contribution in [1.82, 2.24) is 14.5 Å². The lowest BCUT2D eigenvalue weighted by Gasteiger charge is -2.35. The Morgan fingerprint density at radius 2 is 1.91 bits per heavy atom. The summed E-state index contributed by atoms with van der Waals surface area (Å²) < 4.78 is 13.6. The van der Waals surface area contributed by atoms with Crippen molar-refractivity contribution in [3.05, 3.63) is 58.9 Å². The fourth-order valence-electron chi connectivity index (χ4n) is 4.74. The third kappa shape index (κ3) is 4.64. The maximum absolute atomic E-state index is 13.4. The van der Waals surface area contributed by atoms with Crippen LogP contribution >= 0.6 is 11.8 Å². The van der Waals surface area contributed by atoms with Gasteiger partial charge in [-0.1, -0.05) is 43.0 Å². The molecular formula is C26H29N3O4S. The van der Waals surface area contributed by atoms with E-state index in [-0.39, 0.29) is 23.3 Å². The molecule has 7 nitrogen and oxygen atoms in total. The van der Waals surface area contributed by atoms with Crippen LogP contribution in [0.4, 0.5) is 0 Å². The van der Waals surface area contributed by atoms with E-state index in [0.29, 0.717) is 46.8 Å². The average molecular weight is 480 g/mol. The smallest absolute Gasteiger partial charge is 0.262 e. The Labute approximate surface area is 203 Å². The van der Waals surface area contributed by atoms with E-state index in [9.17, 15) is 9.59 Å². The van der Waals surface area contributed by atoms with E-state index >= 15 is 0 Å². The topological polar surface area (TPSA) is 73.7 Å². The highest BCUT2D eigenvalue weighted by atomic mass is 32.2. The number of fused-ring (bicyclic) bond motifs is 2. The molecule has 1 aromatic heterocycles. The summed E-state index contributed by atoms with van der Waals surface area (Å²) in [5.74, 6) is 1.74. The molecule has 0 N–H and O–H groups in total. The van der Waals surface area contributed by atoms with Gasteiger partial charge in [-0.15, -0.1) is 0 Å². The molecule has 178 valence electrons. The number of carbonyl (C=O) groups is 1. The number of piperidine rings is 1. The summed E-state index contributed by atoms with van der Waals surface area (Å²) in [5.41, 5.74) is 0.502. The van der Waals surface area contributed by atoms with Gasteiger partial charge in [-0.2, -0.15) is 0 Å². The Morgan fingerprint density at radius 1 is 1.12 bits per heavy atom. The van der Waals surface area contributed by atoms with Crippen molar-refractivity contribution in [3.8, 4) is 11.5 Å². The van der Waals surface area contributed by atoms with Crippen LogP contribution < -0.4 is 15.0 Å². The molecule has 3 heterocycles. The largest absolute Gasteiger partial charge is 0.486 e. The molecule has 2 aliphatic heterocycles. The quantitative estimate of drug-likeness (QED) is 0.391. The predicted octanol–water partition coefficient (Wildman–Crippen LogP) is 4.12. The number of carbonyl (C=O) groups excluding carboxylic acids is 1. The molecule has 34 heavy (non-hydrogen) atoms. The highest BCUT2D eigenvalue weighted by molar-refractivity contribution is 7.99. The maximum Gasteiger partial charge on any atom is 0.262 e. The Morgan fingerprint density at radius 3 is 2.76 bits per heavy atom. The zero-order valence-electron chi connectivity index (χ0n) is 19.3. The number of thioether (sulfide) groups is 1. The third-order valence-corrected chi connectivity index (χ3v) is 7.48. The minimum absolute atomic E-state index is 0.108. The van der Waals surface area contributed by atoms with Crippen LogP contribution in [0.1, 0.15) is 32.6 Å². The van der Waals surface area contributed by atoms with Gasteiger partial charge in [0.1, 0.15) is 6.61 Å². The van der Waals surface area contributed by atoms with Crippen molar-refractivity contribution >= 4 is 28.6 Å². The zero-order valence-corrected chi connectivity index (χ0v) is 20.1. The highest BCUT2D eigenvalue weighted by Crippen LogP contribution is 2.31. The van der Waals surface area contributed by atoms with Gasteiger partial charge in [0.05, 0.1) is 23.2 Å². The summed E-state index contributed by atoms with van der Waals surface area (Å²) in [6, 6.07) is 15.2. The number of likely N-dealkylation sites (tertiary alicyclic amines) is 1. The van der Waals surface area contributed by atoms with E-state index in [1.165, 1.54) is 18.2 Å². The number of hydrogen-bond donors (Lipinski definition) is 0. The standard InChI is InChI=1S/C26H29N3O4S/c1-2-18-9-7-8-14-28(18)24(30)17-34-26-27-21-11-4-3-10-20(21)25(31)29(26)15-19-16-32-22-12-5-6-13-23(22)33-19/h3-6,10-13,18-19H,2,7-9,14-17H2,1H3/t18-,19-/m0/s1. The predicted molar refractivity (Wildman–Crippen MR) is 133 cm³/mol. The molecule has 0 bridgehead atoms. The molecule has 0 spiro atoms. The van der Waals surface area contributed by atoms with Gasteiger partial charge in [0.2, 0.25) is 5.91 Å². The molecule has 0 radical (unpaired) electrons. The Kier molecular flexibility index (Phi) is 6.76. The first-order valence-corrected chi connectivity index (χ1v) is 12.9. The van der Waals surface area contributed by atoms with Crippen molar-refractivity contribution in [2.24, 2.45) is 0 Å². The lowest BCUT2D eigenvalue weighted by molar-refractivity contribution is -0.132. The van der Waals surface area contributed by atoms with Gasteiger partial charge < -0.3 is 14.4 Å². The fourth-order valence-corrected chi connectivity index (χ4v) is 5.63. The third-order valence-electron chi connectivity index (χ3n) is 6.52. The van der Waals surface area contributed by atoms with E-state index in [4.69, 9.17) is 14.5 Å². The molecule has 1 fully saturated rings. The number of hydrogen-bond acceptors (Lipinski definition) is 6. The van der Waals surface area contributed by atoms with Crippen LogP contribution in [0.3, 0.4) is 0 Å². The first kappa shape index (κ1) is 22.8. The second kappa shape index (κ2) is 10.1. The van der Waals surface area contributed by atoms with Gasteiger partial charge in [-0.05, 0) is 49.9 Å². The van der Waals surface area contributed by atoms with Gasteiger partial charge in [-0.3, -0.25) is 14.2 Å². The van der Waals surface area contributed by atoms with Crippen molar-refractivity contribution < 1.29 is 14.3 Å². The Balaban J connectivity index is 1.40. The fraction of sp³-hybridized carbons (Fsp3) is 0.423. The normalized spacial score (nSPS) is 19.9. The minimum Gasteiger partial charge on any atom is -0.486 e. The van der Waals surface area contributed by atoms with Crippen LogP contribution in [0.15, 0.2) is 58.5 Å². The lowest BCUT2D eigenvalue weighted by atomic mass is 10.0. The SMILES string of the molecule is CC[C@H]1CCCCN1C(=O)CSc1nc2ccccc2c(=O)n1C[C@H]1COc2ccccc2O1. The number of rotatable bonds is 6. The van der Waals surface area contributed by atoms with Crippen molar-refractivity contribution in [3.63, 3.8) is 0 Å². The Hall–Kier alpha value is -3.00. The summed E-state index contributed by atoms with van der Waals surface area (Å²) in [5, 5.41) is 1.09. The van der Waals surface area contributed by atoms with Crippen LogP contribution in [-0.4, -0.2) is 51.4 Å². The number of para-hydroxylation sites is 3. The lowest BCUT2D eigenvalue weighted by Crippen LogP contribution is -2.44. The summed E-state index contributed by atoms with van der Waals surface area (Å²) >= 11 is 1.33. The van der Waals surface area contributed by atoms with Crippen molar-refractivity contribution in [2.45, 2.75) is 56.5 Å². The second-order valence-corrected chi connectivity index (χ2v) is 9.70. The number of amides is 1. The molecule has 0 saturated carbocycles. The van der Waals surface area contributed by atoms with E-state index in [1.807, 2.05) is 47.4 Å². The molecule has 2 aromatic carbocycles. The van der Waals surface area contributed by atoms with Gasteiger partial charge in [0.15, 0.2) is 22.8 Å². The average Bonchev–Trinajstić information content (AvgIpc) is 2.89. The van der Waals surface area contributed by atoms with Crippen molar-refractivity contribution in [2.75, 3.05) is 18.9 Å². The molecular weight excluding hydrogens is 450 g/mol. The molecule has 3 aromatic rings. The van der Waals surface area contributed by atoms with E-state index in [1.54, 1.807) is 10.6 Å². The summed E-state index contributed by atoms with van der Waals surface area (Å²) in [4.78, 5) is 33.3. The van der Waals surface area contributed by atoms with Gasteiger partial charge in [0.25, 0.3) is 5.56 Å². The Bertz CT molecular complexity index is 1240. The summed E-state index contributed by atoms with van der Waals surface area (Å²) in [6.07, 6.45) is 3.92. The molecule has 2 aliphatic rings. The van der Waals surface area contributed by atoms with E-state index in [0.717, 1.165) is 25.8 Å². The molecule has 5 rings (SSSR count). The van der Waals surface area contributed by atoms with Crippen LogP contribution in [0.5, 0.6) is 11.5 Å². The zero-order chi connectivity index (χ0) is 23.5. The number of nitrogens with zero attached hydrogens (tertiary/aromatic N) is 3. The van der Waals surface area contributed by atoms with Gasteiger partial charge in [0, 0.05) is 12.6 Å². The summed E-state index contributed by atoms with van der Waals surface area (Å²) in [6.45, 7) is 3.58. The number of benzene rings is 2. The van der Waals surface area contributed by atoms with Gasteiger partial charge >= 0.3 is 0 Å². The molecule has 0 aliphatic carbocycles. The number of aromatic nitrogens is 2. The van der Waals surface area contributed by atoms with Crippen molar-refractivity contribution in [1.29, 1.82) is 0 Å². The summed E-state index contributed by atoms with van der Waals surface area (Å²) in [7, 11) is 0. The first-order chi connectivity index (χ1) is 16.6. The molecule has 0 unspecified atom stereocenters. The van der Waals surface area contributed by atoms with Crippen LogP contribution in [0.2, 0.25) is 0 Å². The first-order valence-electron chi connectivity index (χ1n) is 11.9. The van der Waals surface area contributed by atoms with Crippen LogP contribution in [0, 0.1) is 0 Å².